The molecule has 0 spiro atoms. The van der Waals surface area contributed by atoms with Gasteiger partial charge < -0.3 is 0 Å². The SMILES string of the molecule is CCS(=O)c1c(-c2cn3cnc(S(C)(=O)=O)cc3n2)nn2c(C)c(C)c(C)c(C)c12. The molecule has 0 aliphatic rings. The highest BCUT2D eigenvalue weighted by Gasteiger charge is 2.25. The van der Waals surface area contributed by atoms with Crippen LogP contribution in [0, 0.1) is 27.7 Å². The van der Waals surface area contributed by atoms with Gasteiger partial charge in [-0.1, -0.05) is 6.92 Å². The van der Waals surface area contributed by atoms with Crippen LogP contribution in [0.4, 0.5) is 0 Å². The summed E-state index contributed by atoms with van der Waals surface area (Å²) in [5.41, 5.74) is 6.66. The molecule has 0 radical (unpaired) electrons. The number of fused-ring (bicyclic) bond motifs is 2. The number of hydrogen-bond acceptors (Lipinski definition) is 6. The Bertz CT molecular complexity index is 1470. The summed E-state index contributed by atoms with van der Waals surface area (Å²) in [6.07, 6.45) is 4.26. The minimum atomic E-state index is -3.45. The van der Waals surface area contributed by atoms with Crippen molar-refractivity contribution in [2.45, 2.75) is 44.5 Å². The summed E-state index contributed by atoms with van der Waals surface area (Å²) in [4.78, 5) is 9.24. The number of hydrogen-bond donors (Lipinski definition) is 0. The molecule has 0 aliphatic carbocycles. The second kappa shape index (κ2) is 6.98. The van der Waals surface area contributed by atoms with Crippen molar-refractivity contribution in [1.29, 1.82) is 0 Å². The molecule has 1 unspecified atom stereocenters. The largest absolute Gasteiger partial charge is 0.290 e. The molecule has 30 heavy (non-hydrogen) atoms. The van der Waals surface area contributed by atoms with E-state index in [1.54, 1.807) is 10.6 Å². The molecular formula is C20H23N5O3S2. The van der Waals surface area contributed by atoms with Gasteiger partial charge in [-0.15, -0.1) is 0 Å². The van der Waals surface area contributed by atoms with Crippen molar-refractivity contribution in [3.05, 3.63) is 41.0 Å². The zero-order valence-corrected chi connectivity index (χ0v) is 19.3. The third kappa shape index (κ3) is 3.05. The fourth-order valence-corrected chi connectivity index (χ4v) is 5.25. The van der Waals surface area contributed by atoms with E-state index >= 15 is 0 Å². The van der Waals surface area contributed by atoms with Gasteiger partial charge in [0.15, 0.2) is 14.9 Å². The van der Waals surface area contributed by atoms with Gasteiger partial charge in [-0.3, -0.25) is 8.61 Å². The number of aryl methyl sites for hydroxylation is 2. The van der Waals surface area contributed by atoms with Crippen molar-refractivity contribution in [1.82, 2.24) is 24.0 Å². The van der Waals surface area contributed by atoms with Crippen LogP contribution in [-0.4, -0.2) is 48.6 Å². The first-order valence-corrected chi connectivity index (χ1v) is 12.7. The van der Waals surface area contributed by atoms with Crippen LogP contribution in [0.1, 0.15) is 29.3 Å². The Morgan fingerprint density at radius 3 is 2.43 bits per heavy atom. The smallest absolute Gasteiger partial charge is 0.192 e. The van der Waals surface area contributed by atoms with E-state index in [-0.39, 0.29) is 5.03 Å². The summed E-state index contributed by atoms with van der Waals surface area (Å²) < 4.78 is 40.2. The number of aromatic nitrogens is 5. The Balaban J connectivity index is 2.07. The zero-order chi connectivity index (χ0) is 22.0. The Hall–Kier alpha value is -2.59. The maximum Gasteiger partial charge on any atom is 0.192 e. The summed E-state index contributed by atoms with van der Waals surface area (Å²) in [5.74, 6) is 0.451. The molecule has 158 valence electrons. The normalized spacial score (nSPS) is 13.4. The van der Waals surface area contributed by atoms with Gasteiger partial charge in [0.2, 0.25) is 0 Å². The lowest BCUT2D eigenvalue weighted by atomic mass is 10.0. The first kappa shape index (κ1) is 20.7. The molecule has 0 fully saturated rings. The number of imidazole rings is 1. The van der Waals surface area contributed by atoms with Crippen molar-refractivity contribution in [3.63, 3.8) is 0 Å². The Morgan fingerprint density at radius 1 is 1.10 bits per heavy atom. The number of nitrogens with zero attached hydrogens (tertiary/aromatic N) is 5. The van der Waals surface area contributed by atoms with Crippen LogP contribution in [0.3, 0.4) is 0 Å². The highest BCUT2D eigenvalue weighted by Crippen LogP contribution is 2.34. The van der Waals surface area contributed by atoms with Crippen LogP contribution in [0.25, 0.3) is 22.6 Å². The van der Waals surface area contributed by atoms with Crippen molar-refractivity contribution in [3.8, 4) is 11.4 Å². The van der Waals surface area contributed by atoms with Crippen LogP contribution < -0.4 is 0 Å². The lowest BCUT2D eigenvalue weighted by Gasteiger charge is -2.12. The molecule has 0 saturated carbocycles. The second-order valence-corrected chi connectivity index (χ2v) is 11.1. The molecule has 4 aromatic heterocycles. The lowest BCUT2D eigenvalue weighted by Crippen LogP contribution is -2.03. The Morgan fingerprint density at radius 2 is 1.80 bits per heavy atom. The van der Waals surface area contributed by atoms with Gasteiger partial charge in [0, 0.05) is 30.0 Å². The van der Waals surface area contributed by atoms with Crippen molar-refractivity contribution in [2.75, 3.05) is 12.0 Å². The van der Waals surface area contributed by atoms with Gasteiger partial charge >= 0.3 is 0 Å². The third-order valence-corrected chi connectivity index (χ3v) is 7.97. The molecule has 4 heterocycles. The fourth-order valence-electron chi connectivity index (χ4n) is 3.58. The van der Waals surface area contributed by atoms with Gasteiger partial charge in [-0.2, -0.15) is 5.10 Å². The van der Waals surface area contributed by atoms with E-state index in [1.165, 1.54) is 12.4 Å². The molecule has 8 nitrogen and oxygen atoms in total. The van der Waals surface area contributed by atoms with Crippen molar-refractivity contribution >= 4 is 31.8 Å². The molecule has 0 amide bonds. The maximum absolute atomic E-state index is 13.1. The lowest BCUT2D eigenvalue weighted by molar-refractivity contribution is 0.598. The summed E-state index contributed by atoms with van der Waals surface area (Å²) in [6.45, 7) is 10.0. The standard InChI is InChI=1S/C20H23N5O3S2/c1-7-29(26)20-18(23-25-14(5)12(3)11(2)13(4)19(20)25)15-9-24-10-21-17(30(6,27)28)8-16(24)22-15/h8-10H,7H2,1-6H3. The molecule has 0 bridgehead atoms. The molecule has 4 aromatic rings. The van der Waals surface area contributed by atoms with Crippen LogP contribution in [0.2, 0.25) is 0 Å². The highest BCUT2D eigenvalue weighted by molar-refractivity contribution is 7.90. The van der Waals surface area contributed by atoms with E-state index in [4.69, 9.17) is 5.10 Å². The predicted molar refractivity (Wildman–Crippen MR) is 116 cm³/mol. The quantitative estimate of drug-likeness (QED) is 0.448. The molecule has 4 rings (SSSR count). The first-order chi connectivity index (χ1) is 14.0. The molecule has 0 aliphatic heterocycles. The monoisotopic (exact) mass is 445 g/mol. The first-order valence-electron chi connectivity index (χ1n) is 9.47. The summed E-state index contributed by atoms with van der Waals surface area (Å²) >= 11 is 0. The molecule has 0 saturated heterocycles. The second-order valence-electron chi connectivity index (χ2n) is 7.42. The summed E-state index contributed by atoms with van der Waals surface area (Å²) in [5, 5.41) is 4.75. The minimum Gasteiger partial charge on any atom is -0.290 e. The highest BCUT2D eigenvalue weighted by atomic mass is 32.2. The van der Waals surface area contributed by atoms with Crippen molar-refractivity contribution < 1.29 is 12.6 Å². The van der Waals surface area contributed by atoms with E-state index in [1.807, 2.05) is 25.3 Å². The Labute approximate surface area is 177 Å². The van der Waals surface area contributed by atoms with Gasteiger partial charge in [0.25, 0.3) is 0 Å². The molecule has 0 N–H and O–H groups in total. The number of sulfone groups is 1. The van der Waals surface area contributed by atoms with Crippen LogP contribution in [0.5, 0.6) is 0 Å². The van der Waals surface area contributed by atoms with Gasteiger partial charge in [0.05, 0.1) is 21.2 Å². The average Bonchev–Trinajstić information content (AvgIpc) is 3.30. The van der Waals surface area contributed by atoms with Crippen molar-refractivity contribution in [2.24, 2.45) is 0 Å². The number of pyridine rings is 1. The van der Waals surface area contributed by atoms with Crippen LogP contribution in [-0.2, 0) is 20.6 Å². The van der Waals surface area contributed by atoms with E-state index < -0.39 is 20.6 Å². The van der Waals surface area contributed by atoms with Gasteiger partial charge in [-0.25, -0.2) is 22.9 Å². The van der Waals surface area contributed by atoms with Gasteiger partial charge in [0.1, 0.15) is 23.4 Å². The minimum absolute atomic E-state index is 0.0440. The molecule has 10 heteroatoms. The van der Waals surface area contributed by atoms with E-state index in [2.05, 4.69) is 23.8 Å². The Kier molecular flexibility index (Phi) is 4.81. The van der Waals surface area contributed by atoms with E-state index in [0.29, 0.717) is 27.7 Å². The maximum atomic E-state index is 13.1. The van der Waals surface area contributed by atoms with E-state index in [0.717, 1.165) is 34.2 Å². The molecule has 0 aromatic carbocycles. The number of rotatable bonds is 4. The summed E-state index contributed by atoms with van der Waals surface area (Å²) in [7, 11) is -4.71. The summed E-state index contributed by atoms with van der Waals surface area (Å²) in [6, 6.07) is 1.43. The predicted octanol–water partition coefficient (Wildman–Crippen LogP) is 2.81. The topological polar surface area (TPSA) is 98.7 Å². The third-order valence-electron chi connectivity index (χ3n) is 5.62. The van der Waals surface area contributed by atoms with E-state index in [9.17, 15) is 12.6 Å². The fraction of sp³-hybridized carbons (Fsp3) is 0.350. The molecule has 1 atom stereocenters. The molecular weight excluding hydrogens is 422 g/mol. The van der Waals surface area contributed by atoms with Crippen LogP contribution >= 0.6 is 0 Å². The van der Waals surface area contributed by atoms with Gasteiger partial charge in [-0.05, 0) is 44.4 Å². The average molecular weight is 446 g/mol. The zero-order valence-electron chi connectivity index (χ0n) is 17.7. The van der Waals surface area contributed by atoms with Crippen LogP contribution in [0.15, 0.2) is 28.5 Å².